The van der Waals surface area contributed by atoms with Crippen molar-refractivity contribution in [2.45, 2.75) is 32.1 Å². The van der Waals surface area contributed by atoms with E-state index in [9.17, 15) is 5.11 Å². The number of hydrogen-bond acceptors (Lipinski definition) is 2. The van der Waals surface area contributed by atoms with Crippen molar-refractivity contribution in [1.82, 2.24) is 0 Å². The van der Waals surface area contributed by atoms with Gasteiger partial charge in [-0.15, -0.1) is 0 Å². The van der Waals surface area contributed by atoms with Crippen molar-refractivity contribution in [2.75, 3.05) is 19.8 Å². The molecular weight excluding hydrogens is 188 g/mol. The summed E-state index contributed by atoms with van der Waals surface area (Å²) in [7, 11) is 0. The Morgan fingerprint density at radius 3 is 2.73 bits per heavy atom. The van der Waals surface area contributed by atoms with Gasteiger partial charge in [0.2, 0.25) is 0 Å². The lowest BCUT2D eigenvalue weighted by Gasteiger charge is -2.46. The third-order valence-electron chi connectivity index (χ3n) is 5.13. The molecule has 0 aromatic heterocycles. The zero-order chi connectivity index (χ0) is 10.3. The summed E-state index contributed by atoms with van der Waals surface area (Å²) in [4.78, 5) is 0. The summed E-state index contributed by atoms with van der Waals surface area (Å²) < 4.78 is 5.62. The molecule has 2 saturated carbocycles. The van der Waals surface area contributed by atoms with Crippen LogP contribution in [-0.4, -0.2) is 24.9 Å². The molecule has 3 aliphatic rings. The van der Waals surface area contributed by atoms with E-state index in [-0.39, 0.29) is 0 Å². The molecular formula is C13H22O2. The van der Waals surface area contributed by atoms with Crippen LogP contribution in [0, 0.1) is 29.6 Å². The molecule has 0 bridgehead atoms. The van der Waals surface area contributed by atoms with E-state index in [1.54, 1.807) is 0 Å². The fourth-order valence-corrected chi connectivity index (χ4v) is 4.40. The number of fused-ring (bicyclic) bond motifs is 2. The Labute approximate surface area is 92.0 Å². The van der Waals surface area contributed by atoms with Crippen LogP contribution >= 0.6 is 0 Å². The lowest BCUT2D eigenvalue weighted by Crippen LogP contribution is -2.42. The molecule has 0 radical (unpaired) electrons. The normalized spacial score (nSPS) is 49.8. The average Bonchev–Trinajstić information content (AvgIpc) is 2.73. The molecule has 5 atom stereocenters. The number of rotatable bonds is 1. The van der Waals surface area contributed by atoms with Crippen molar-refractivity contribution in [2.24, 2.45) is 29.6 Å². The van der Waals surface area contributed by atoms with Crippen LogP contribution in [0.4, 0.5) is 0 Å². The molecule has 15 heavy (non-hydrogen) atoms. The quantitative estimate of drug-likeness (QED) is 0.718. The number of ether oxygens (including phenoxy) is 1. The highest BCUT2D eigenvalue weighted by molar-refractivity contribution is 4.95. The van der Waals surface area contributed by atoms with Gasteiger partial charge in [0.25, 0.3) is 0 Å². The molecule has 0 aromatic rings. The molecule has 3 fully saturated rings. The molecule has 1 saturated heterocycles. The standard InChI is InChI=1S/C13H22O2/c14-6-12-11-4-2-1-3-9(11)5-10-7-15-8-13(10)12/h9-14H,1-8H2. The maximum absolute atomic E-state index is 9.62. The second-order valence-electron chi connectivity index (χ2n) is 5.75. The molecule has 0 aromatic carbocycles. The van der Waals surface area contributed by atoms with E-state index in [1.807, 2.05) is 0 Å². The first-order valence-corrected chi connectivity index (χ1v) is 6.58. The lowest BCUT2D eigenvalue weighted by atomic mass is 9.59. The fourth-order valence-electron chi connectivity index (χ4n) is 4.40. The van der Waals surface area contributed by atoms with Crippen LogP contribution in [0.15, 0.2) is 0 Å². The highest BCUT2D eigenvalue weighted by Crippen LogP contribution is 2.50. The van der Waals surface area contributed by atoms with E-state index in [0.717, 1.165) is 31.0 Å². The Morgan fingerprint density at radius 2 is 1.87 bits per heavy atom. The molecule has 3 rings (SSSR count). The number of aliphatic hydroxyl groups excluding tert-OH is 1. The van der Waals surface area contributed by atoms with E-state index >= 15 is 0 Å². The average molecular weight is 210 g/mol. The maximum atomic E-state index is 9.62. The molecule has 2 heteroatoms. The second-order valence-corrected chi connectivity index (χ2v) is 5.75. The van der Waals surface area contributed by atoms with Crippen LogP contribution in [0.1, 0.15) is 32.1 Å². The van der Waals surface area contributed by atoms with Gasteiger partial charge >= 0.3 is 0 Å². The van der Waals surface area contributed by atoms with Gasteiger partial charge in [-0.05, 0) is 42.4 Å². The summed E-state index contributed by atoms with van der Waals surface area (Å²) in [5, 5.41) is 9.62. The van der Waals surface area contributed by atoms with Gasteiger partial charge in [-0.25, -0.2) is 0 Å². The first kappa shape index (κ1) is 10.1. The zero-order valence-corrected chi connectivity index (χ0v) is 9.40. The minimum absolute atomic E-state index is 0.395. The van der Waals surface area contributed by atoms with Gasteiger partial charge in [0.05, 0.1) is 6.61 Å². The Kier molecular flexibility index (Phi) is 2.73. The van der Waals surface area contributed by atoms with E-state index in [2.05, 4.69) is 0 Å². The highest BCUT2D eigenvalue weighted by Gasteiger charge is 2.46. The SMILES string of the molecule is OCC1C2CCCCC2CC2COCC21. The van der Waals surface area contributed by atoms with Crippen molar-refractivity contribution >= 4 is 0 Å². The molecule has 86 valence electrons. The molecule has 1 aliphatic heterocycles. The maximum Gasteiger partial charge on any atom is 0.0501 e. The first-order chi connectivity index (χ1) is 7.40. The van der Waals surface area contributed by atoms with E-state index < -0.39 is 0 Å². The Bertz CT molecular complexity index is 229. The molecule has 1 heterocycles. The largest absolute Gasteiger partial charge is 0.396 e. The van der Waals surface area contributed by atoms with Crippen molar-refractivity contribution in [3.05, 3.63) is 0 Å². The molecule has 5 unspecified atom stereocenters. The molecule has 2 aliphatic carbocycles. The fraction of sp³-hybridized carbons (Fsp3) is 1.00. The van der Waals surface area contributed by atoms with E-state index in [4.69, 9.17) is 4.74 Å². The third-order valence-corrected chi connectivity index (χ3v) is 5.13. The lowest BCUT2D eigenvalue weighted by molar-refractivity contribution is -0.000920. The smallest absolute Gasteiger partial charge is 0.0501 e. The van der Waals surface area contributed by atoms with E-state index in [0.29, 0.717) is 18.4 Å². The summed E-state index contributed by atoms with van der Waals surface area (Å²) in [6, 6.07) is 0. The van der Waals surface area contributed by atoms with Crippen LogP contribution in [-0.2, 0) is 4.74 Å². The molecule has 2 nitrogen and oxygen atoms in total. The summed E-state index contributed by atoms with van der Waals surface area (Å²) in [5.74, 6) is 3.71. The topological polar surface area (TPSA) is 29.5 Å². The van der Waals surface area contributed by atoms with Gasteiger partial charge in [-0.2, -0.15) is 0 Å². The second kappa shape index (κ2) is 4.06. The van der Waals surface area contributed by atoms with Crippen molar-refractivity contribution < 1.29 is 9.84 Å². The van der Waals surface area contributed by atoms with E-state index in [1.165, 1.54) is 32.1 Å². The Balaban J connectivity index is 1.80. The molecule has 0 spiro atoms. The van der Waals surface area contributed by atoms with Crippen LogP contribution in [0.25, 0.3) is 0 Å². The summed E-state index contributed by atoms with van der Waals surface area (Å²) in [6.07, 6.45) is 6.95. The van der Waals surface area contributed by atoms with Gasteiger partial charge in [0.1, 0.15) is 0 Å². The van der Waals surface area contributed by atoms with Gasteiger partial charge in [-0.3, -0.25) is 0 Å². The van der Waals surface area contributed by atoms with Gasteiger partial charge in [-0.1, -0.05) is 19.3 Å². The van der Waals surface area contributed by atoms with Crippen LogP contribution in [0.5, 0.6) is 0 Å². The predicted molar refractivity (Wildman–Crippen MR) is 58.4 cm³/mol. The summed E-state index contributed by atoms with van der Waals surface area (Å²) in [6.45, 7) is 2.27. The van der Waals surface area contributed by atoms with Crippen molar-refractivity contribution in [3.8, 4) is 0 Å². The van der Waals surface area contributed by atoms with Crippen LogP contribution in [0.3, 0.4) is 0 Å². The Hall–Kier alpha value is -0.0800. The predicted octanol–water partition coefficient (Wildman–Crippen LogP) is 2.07. The zero-order valence-electron chi connectivity index (χ0n) is 9.40. The number of aliphatic hydroxyl groups is 1. The van der Waals surface area contributed by atoms with Crippen molar-refractivity contribution in [1.29, 1.82) is 0 Å². The third kappa shape index (κ3) is 1.62. The highest BCUT2D eigenvalue weighted by atomic mass is 16.5. The minimum atomic E-state index is 0.395. The first-order valence-electron chi connectivity index (χ1n) is 6.58. The summed E-state index contributed by atoms with van der Waals surface area (Å²) in [5.41, 5.74) is 0. The van der Waals surface area contributed by atoms with Crippen molar-refractivity contribution in [3.63, 3.8) is 0 Å². The minimum Gasteiger partial charge on any atom is -0.396 e. The van der Waals surface area contributed by atoms with Gasteiger partial charge < -0.3 is 9.84 Å². The van der Waals surface area contributed by atoms with Gasteiger partial charge in [0.15, 0.2) is 0 Å². The number of hydrogen-bond donors (Lipinski definition) is 1. The van der Waals surface area contributed by atoms with Crippen LogP contribution < -0.4 is 0 Å². The Morgan fingerprint density at radius 1 is 1.00 bits per heavy atom. The molecule has 0 amide bonds. The monoisotopic (exact) mass is 210 g/mol. The van der Waals surface area contributed by atoms with Crippen LogP contribution in [0.2, 0.25) is 0 Å². The van der Waals surface area contributed by atoms with Gasteiger partial charge in [0, 0.05) is 13.2 Å². The summed E-state index contributed by atoms with van der Waals surface area (Å²) >= 11 is 0. The molecule has 1 N–H and O–H groups in total.